The van der Waals surface area contributed by atoms with Crippen molar-refractivity contribution < 1.29 is 19.1 Å². The second-order valence-corrected chi connectivity index (χ2v) is 6.91. The zero-order chi connectivity index (χ0) is 20.8. The Morgan fingerprint density at radius 1 is 0.933 bits per heavy atom. The van der Waals surface area contributed by atoms with E-state index >= 15 is 0 Å². The SMILES string of the molecule is O=C(COC(=O)c1ccc(NC2CC2)nc1)Nc1ccc(Oc2ccccc2)cc1. The lowest BCUT2D eigenvalue weighted by atomic mass is 10.3. The second kappa shape index (κ2) is 9.09. The van der Waals surface area contributed by atoms with Crippen LogP contribution in [0.1, 0.15) is 23.2 Å². The normalized spacial score (nSPS) is 12.7. The number of ether oxygens (including phenoxy) is 2. The lowest BCUT2D eigenvalue weighted by molar-refractivity contribution is -0.119. The molecular formula is C23H21N3O4. The molecule has 0 bridgehead atoms. The van der Waals surface area contributed by atoms with Crippen LogP contribution in [0.2, 0.25) is 0 Å². The third kappa shape index (κ3) is 5.57. The molecule has 3 aromatic rings. The molecule has 0 radical (unpaired) electrons. The zero-order valence-electron chi connectivity index (χ0n) is 16.2. The van der Waals surface area contributed by atoms with Crippen LogP contribution in [0.3, 0.4) is 0 Å². The Labute approximate surface area is 174 Å². The summed E-state index contributed by atoms with van der Waals surface area (Å²) in [4.78, 5) is 28.3. The first-order valence-electron chi connectivity index (χ1n) is 9.68. The summed E-state index contributed by atoms with van der Waals surface area (Å²) in [5, 5.41) is 5.92. The van der Waals surface area contributed by atoms with Crippen LogP contribution in [0.4, 0.5) is 11.5 Å². The van der Waals surface area contributed by atoms with Crippen molar-refractivity contribution >= 4 is 23.4 Å². The second-order valence-electron chi connectivity index (χ2n) is 6.91. The maximum atomic E-state index is 12.1. The third-order valence-corrected chi connectivity index (χ3v) is 4.38. The molecule has 7 heteroatoms. The number of carbonyl (C=O) groups excluding carboxylic acids is 2. The van der Waals surface area contributed by atoms with Gasteiger partial charge in [-0.15, -0.1) is 0 Å². The maximum Gasteiger partial charge on any atom is 0.340 e. The largest absolute Gasteiger partial charge is 0.457 e. The van der Waals surface area contributed by atoms with Crippen LogP contribution < -0.4 is 15.4 Å². The van der Waals surface area contributed by atoms with E-state index in [0.29, 0.717) is 23.0 Å². The molecule has 0 saturated heterocycles. The number of pyridine rings is 1. The van der Waals surface area contributed by atoms with Crippen molar-refractivity contribution in [1.29, 1.82) is 0 Å². The molecule has 7 nitrogen and oxygen atoms in total. The summed E-state index contributed by atoms with van der Waals surface area (Å²) < 4.78 is 10.8. The van der Waals surface area contributed by atoms with E-state index in [9.17, 15) is 9.59 Å². The summed E-state index contributed by atoms with van der Waals surface area (Å²) in [6.45, 7) is -0.386. The van der Waals surface area contributed by atoms with Crippen molar-refractivity contribution in [1.82, 2.24) is 4.98 Å². The minimum atomic E-state index is -0.595. The van der Waals surface area contributed by atoms with Crippen molar-refractivity contribution in [2.45, 2.75) is 18.9 Å². The molecule has 0 aliphatic heterocycles. The Hall–Kier alpha value is -3.87. The number of nitrogens with one attached hydrogen (secondary N) is 2. The van der Waals surface area contributed by atoms with Gasteiger partial charge in [0.1, 0.15) is 17.3 Å². The van der Waals surface area contributed by atoms with Gasteiger partial charge in [0.15, 0.2) is 6.61 Å². The van der Waals surface area contributed by atoms with E-state index < -0.39 is 11.9 Å². The van der Waals surface area contributed by atoms with Gasteiger partial charge in [-0.25, -0.2) is 9.78 Å². The Bertz CT molecular complexity index is 1000. The molecule has 1 aliphatic carbocycles. The maximum absolute atomic E-state index is 12.1. The fraction of sp³-hybridized carbons (Fsp3) is 0.174. The first-order chi connectivity index (χ1) is 14.7. The number of hydrogen-bond donors (Lipinski definition) is 2. The van der Waals surface area contributed by atoms with Crippen molar-refractivity contribution in [3.05, 3.63) is 78.5 Å². The van der Waals surface area contributed by atoms with E-state index in [1.165, 1.54) is 6.20 Å². The van der Waals surface area contributed by atoms with Gasteiger partial charge < -0.3 is 20.1 Å². The fourth-order valence-electron chi connectivity index (χ4n) is 2.68. The molecule has 2 aromatic carbocycles. The molecule has 0 spiro atoms. The summed E-state index contributed by atoms with van der Waals surface area (Å²) in [6, 6.07) is 20.2. The molecule has 152 valence electrons. The number of esters is 1. The summed E-state index contributed by atoms with van der Waals surface area (Å²) in [6.07, 6.45) is 3.73. The first kappa shape index (κ1) is 19.4. The molecule has 1 fully saturated rings. The number of anilines is 2. The summed E-state index contributed by atoms with van der Waals surface area (Å²) in [7, 11) is 0. The van der Waals surface area contributed by atoms with Crippen molar-refractivity contribution in [3.8, 4) is 11.5 Å². The standard InChI is InChI=1S/C23H21N3O4/c27-22(15-29-23(28)16-6-13-21(24-14-16)25-17-7-8-17)26-18-9-11-20(12-10-18)30-19-4-2-1-3-5-19/h1-6,9-14,17H,7-8,15H2,(H,24,25)(H,26,27). The number of benzene rings is 2. The Morgan fingerprint density at radius 3 is 2.33 bits per heavy atom. The van der Waals surface area contributed by atoms with Gasteiger partial charge in [0.25, 0.3) is 5.91 Å². The fourth-order valence-corrected chi connectivity index (χ4v) is 2.68. The highest BCUT2D eigenvalue weighted by atomic mass is 16.5. The highest BCUT2D eigenvalue weighted by Gasteiger charge is 2.21. The van der Waals surface area contributed by atoms with Gasteiger partial charge in [-0.2, -0.15) is 0 Å². The van der Waals surface area contributed by atoms with Crippen molar-refractivity contribution in [2.24, 2.45) is 0 Å². The van der Waals surface area contributed by atoms with Crippen LogP contribution in [0.25, 0.3) is 0 Å². The zero-order valence-corrected chi connectivity index (χ0v) is 16.2. The van der Waals surface area contributed by atoms with Crippen LogP contribution in [0.15, 0.2) is 72.9 Å². The molecule has 0 atom stereocenters. The van der Waals surface area contributed by atoms with E-state index in [-0.39, 0.29) is 6.61 Å². The van der Waals surface area contributed by atoms with Crippen LogP contribution in [-0.4, -0.2) is 29.5 Å². The van der Waals surface area contributed by atoms with Crippen LogP contribution in [-0.2, 0) is 9.53 Å². The molecule has 1 aromatic heterocycles. The smallest absolute Gasteiger partial charge is 0.340 e. The van der Waals surface area contributed by atoms with Crippen molar-refractivity contribution in [3.63, 3.8) is 0 Å². The van der Waals surface area contributed by atoms with E-state index in [2.05, 4.69) is 15.6 Å². The molecular weight excluding hydrogens is 382 g/mol. The van der Waals surface area contributed by atoms with Gasteiger partial charge in [-0.1, -0.05) is 18.2 Å². The van der Waals surface area contributed by atoms with Gasteiger partial charge in [-0.05, 0) is 61.4 Å². The van der Waals surface area contributed by atoms with Crippen LogP contribution in [0, 0.1) is 0 Å². The number of aromatic nitrogens is 1. The molecule has 0 unspecified atom stereocenters. The number of nitrogens with zero attached hydrogens (tertiary/aromatic N) is 1. The highest BCUT2D eigenvalue weighted by Crippen LogP contribution is 2.24. The molecule has 30 heavy (non-hydrogen) atoms. The summed E-state index contributed by atoms with van der Waals surface area (Å²) in [5.74, 6) is 1.08. The lowest BCUT2D eigenvalue weighted by Crippen LogP contribution is -2.21. The Kier molecular flexibility index (Phi) is 5.89. The average molecular weight is 403 g/mol. The number of carbonyl (C=O) groups is 2. The van der Waals surface area contributed by atoms with E-state index in [1.54, 1.807) is 36.4 Å². The number of rotatable bonds is 8. The minimum absolute atomic E-state index is 0.298. The van der Waals surface area contributed by atoms with Gasteiger partial charge >= 0.3 is 5.97 Å². The van der Waals surface area contributed by atoms with Gasteiger partial charge in [-0.3, -0.25) is 4.79 Å². The van der Waals surface area contributed by atoms with Crippen LogP contribution >= 0.6 is 0 Å². The molecule has 1 aliphatic rings. The van der Waals surface area contributed by atoms with E-state index in [1.807, 2.05) is 30.3 Å². The van der Waals surface area contributed by atoms with Gasteiger partial charge in [0.05, 0.1) is 5.56 Å². The molecule has 1 heterocycles. The lowest BCUT2D eigenvalue weighted by Gasteiger charge is -2.09. The third-order valence-electron chi connectivity index (χ3n) is 4.38. The number of hydrogen-bond acceptors (Lipinski definition) is 6. The predicted molar refractivity (Wildman–Crippen MR) is 113 cm³/mol. The quantitative estimate of drug-likeness (QED) is 0.547. The monoisotopic (exact) mass is 403 g/mol. The molecule has 2 N–H and O–H groups in total. The number of para-hydroxylation sites is 1. The van der Waals surface area contributed by atoms with E-state index in [4.69, 9.17) is 9.47 Å². The topological polar surface area (TPSA) is 89.6 Å². The highest BCUT2D eigenvalue weighted by molar-refractivity contribution is 5.95. The Balaban J connectivity index is 1.23. The molecule has 4 rings (SSSR count). The predicted octanol–water partition coefficient (Wildman–Crippen LogP) is 4.24. The van der Waals surface area contributed by atoms with Gasteiger partial charge in [0, 0.05) is 17.9 Å². The minimum Gasteiger partial charge on any atom is -0.457 e. The van der Waals surface area contributed by atoms with Gasteiger partial charge in [0.2, 0.25) is 0 Å². The number of amides is 1. The summed E-state index contributed by atoms with van der Waals surface area (Å²) >= 11 is 0. The van der Waals surface area contributed by atoms with Crippen LogP contribution in [0.5, 0.6) is 11.5 Å². The Morgan fingerprint density at radius 2 is 1.67 bits per heavy atom. The molecule has 1 amide bonds. The average Bonchev–Trinajstić information content (AvgIpc) is 3.59. The first-order valence-corrected chi connectivity index (χ1v) is 9.68. The van der Waals surface area contributed by atoms with E-state index in [0.717, 1.165) is 24.4 Å². The molecule has 1 saturated carbocycles. The summed E-state index contributed by atoms with van der Waals surface area (Å²) in [5.41, 5.74) is 0.875. The van der Waals surface area contributed by atoms with Crippen molar-refractivity contribution in [2.75, 3.05) is 17.2 Å².